The van der Waals surface area contributed by atoms with Gasteiger partial charge in [-0.2, -0.15) is 0 Å². The summed E-state index contributed by atoms with van der Waals surface area (Å²) in [4.78, 5) is 2.06. The lowest BCUT2D eigenvalue weighted by molar-refractivity contribution is 0.585. The number of hydrogen-bond acceptors (Lipinski definition) is 2. The van der Waals surface area contributed by atoms with Crippen molar-refractivity contribution in [2.45, 2.75) is 20.3 Å². The molecule has 0 amide bonds. The molecule has 3 heteroatoms. The van der Waals surface area contributed by atoms with Crippen molar-refractivity contribution in [2.24, 2.45) is 5.92 Å². The second-order valence-corrected chi connectivity index (χ2v) is 4.31. The largest absolute Gasteiger partial charge is 0.397 e. The van der Waals surface area contributed by atoms with Gasteiger partial charge in [-0.3, -0.25) is 0 Å². The van der Waals surface area contributed by atoms with Gasteiger partial charge in [0.15, 0.2) is 0 Å². The maximum Gasteiger partial charge on any atom is 0.125 e. The van der Waals surface area contributed by atoms with Crippen LogP contribution < -0.4 is 10.6 Å². The van der Waals surface area contributed by atoms with Crippen molar-refractivity contribution in [3.8, 4) is 0 Å². The molecule has 0 aromatic heterocycles. The Kier molecular flexibility index (Phi) is 3.95. The van der Waals surface area contributed by atoms with Crippen molar-refractivity contribution < 1.29 is 4.39 Å². The number of hydrogen-bond donors (Lipinski definition) is 1. The summed E-state index contributed by atoms with van der Waals surface area (Å²) in [5.41, 5.74) is 7.15. The van der Waals surface area contributed by atoms with Gasteiger partial charge < -0.3 is 10.6 Å². The minimum Gasteiger partial charge on any atom is -0.397 e. The molecule has 0 fully saturated rings. The third-order valence-corrected chi connectivity index (χ3v) is 2.44. The summed E-state index contributed by atoms with van der Waals surface area (Å²) in [6, 6.07) is 4.53. The van der Waals surface area contributed by atoms with Crippen LogP contribution in [-0.4, -0.2) is 13.6 Å². The molecule has 0 saturated carbocycles. The minimum atomic E-state index is -0.284. The zero-order valence-electron chi connectivity index (χ0n) is 9.63. The second kappa shape index (κ2) is 5.01. The second-order valence-electron chi connectivity index (χ2n) is 4.31. The minimum absolute atomic E-state index is 0.284. The normalized spacial score (nSPS) is 10.7. The number of anilines is 2. The van der Waals surface area contributed by atoms with Crippen molar-refractivity contribution in [3.05, 3.63) is 24.0 Å². The smallest absolute Gasteiger partial charge is 0.125 e. The molecule has 0 radical (unpaired) electrons. The lowest BCUT2D eigenvalue weighted by Gasteiger charge is -2.21. The van der Waals surface area contributed by atoms with Crippen molar-refractivity contribution in [1.82, 2.24) is 0 Å². The summed E-state index contributed by atoms with van der Waals surface area (Å²) in [7, 11) is 1.98. The molecule has 0 aliphatic heterocycles. The summed E-state index contributed by atoms with van der Waals surface area (Å²) in [5, 5.41) is 0. The Labute approximate surface area is 90.9 Å². The van der Waals surface area contributed by atoms with E-state index in [-0.39, 0.29) is 5.82 Å². The van der Waals surface area contributed by atoms with Crippen molar-refractivity contribution in [1.29, 1.82) is 0 Å². The fourth-order valence-corrected chi connectivity index (χ4v) is 1.45. The van der Waals surface area contributed by atoms with Gasteiger partial charge in [0.1, 0.15) is 5.82 Å². The van der Waals surface area contributed by atoms with Crippen molar-refractivity contribution in [3.63, 3.8) is 0 Å². The van der Waals surface area contributed by atoms with Gasteiger partial charge in [0.25, 0.3) is 0 Å². The van der Waals surface area contributed by atoms with Crippen LogP contribution in [0.15, 0.2) is 18.2 Å². The first-order valence-corrected chi connectivity index (χ1v) is 5.27. The number of rotatable bonds is 4. The van der Waals surface area contributed by atoms with E-state index in [1.807, 2.05) is 7.05 Å². The van der Waals surface area contributed by atoms with Crippen LogP contribution in [0.1, 0.15) is 20.3 Å². The van der Waals surface area contributed by atoms with Gasteiger partial charge in [-0.05, 0) is 30.5 Å². The maximum absolute atomic E-state index is 12.8. The van der Waals surface area contributed by atoms with E-state index in [0.29, 0.717) is 11.6 Å². The van der Waals surface area contributed by atoms with Gasteiger partial charge >= 0.3 is 0 Å². The number of nitrogens with zero attached hydrogens (tertiary/aromatic N) is 1. The van der Waals surface area contributed by atoms with Crippen LogP contribution in [0.3, 0.4) is 0 Å². The monoisotopic (exact) mass is 210 g/mol. The molecule has 0 spiro atoms. The Morgan fingerprint density at radius 2 is 2.07 bits per heavy atom. The number of benzene rings is 1. The van der Waals surface area contributed by atoms with Crippen molar-refractivity contribution in [2.75, 3.05) is 24.2 Å². The number of nitrogens with two attached hydrogens (primary N) is 1. The summed E-state index contributed by atoms with van der Waals surface area (Å²) >= 11 is 0. The highest BCUT2D eigenvalue weighted by Crippen LogP contribution is 2.23. The van der Waals surface area contributed by atoms with Crippen LogP contribution in [0.25, 0.3) is 0 Å². The van der Waals surface area contributed by atoms with Gasteiger partial charge in [-0.25, -0.2) is 4.39 Å². The molecule has 0 unspecified atom stereocenters. The molecule has 15 heavy (non-hydrogen) atoms. The first-order valence-electron chi connectivity index (χ1n) is 5.27. The van der Waals surface area contributed by atoms with Crippen LogP contribution >= 0.6 is 0 Å². The number of nitrogen functional groups attached to an aromatic ring is 1. The molecule has 0 saturated heterocycles. The SMILES string of the molecule is CC(C)CCN(C)c1ccc(F)cc1N. The highest BCUT2D eigenvalue weighted by molar-refractivity contribution is 5.67. The average Bonchev–Trinajstić information content (AvgIpc) is 2.14. The van der Waals surface area contributed by atoms with Crippen LogP contribution in [0, 0.1) is 11.7 Å². The fraction of sp³-hybridized carbons (Fsp3) is 0.500. The quantitative estimate of drug-likeness (QED) is 0.774. The molecule has 1 aromatic carbocycles. The summed E-state index contributed by atoms with van der Waals surface area (Å²) in [6.45, 7) is 5.30. The van der Waals surface area contributed by atoms with E-state index in [1.165, 1.54) is 12.1 Å². The Morgan fingerprint density at radius 3 is 2.60 bits per heavy atom. The van der Waals surface area contributed by atoms with E-state index in [1.54, 1.807) is 6.07 Å². The van der Waals surface area contributed by atoms with E-state index in [0.717, 1.165) is 18.7 Å². The Bertz CT molecular complexity index is 323. The highest BCUT2D eigenvalue weighted by atomic mass is 19.1. The molecular weight excluding hydrogens is 191 g/mol. The zero-order chi connectivity index (χ0) is 11.4. The van der Waals surface area contributed by atoms with Crippen LogP contribution in [0.5, 0.6) is 0 Å². The van der Waals surface area contributed by atoms with Gasteiger partial charge in [0.2, 0.25) is 0 Å². The Morgan fingerprint density at radius 1 is 1.40 bits per heavy atom. The average molecular weight is 210 g/mol. The van der Waals surface area contributed by atoms with Crippen LogP contribution in [0.4, 0.5) is 15.8 Å². The third-order valence-electron chi connectivity index (χ3n) is 2.44. The lowest BCUT2D eigenvalue weighted by atomic mass is 10.1. The van der Waals surface area contributed by atoms with E-state index in [4.69, 9.17) is 5.73 Å². The predicted octanol–water partition coefficient (Wildman–Crippen LogP) is 2.89. The predicted molar refractivity (Wildman–Crippen MR) is 63.5 cm³/mol. The van der Waals surface area contributed by atoms with E-state index >= 15 is 0 Å². The van der Waals surface area contributed by atoms with Crippen LogP contribution in [0.2, 0.25) is 0 Å². The summed E-state index contributed by atoms with van der Waals surface area (Å²) in [5.74, 6) is 0.377. The van der Waals surface area contributed by atoms with Gasteiger partial charge in [-0.15, -0.1) is 0 Å². The molecule has 0 aliphatic carbocycles. The lowest BCUT2D eigenvalue weighted by Crippen LogP contribution is -2.21. The first kappa shape index (κ1) is 11.8. The Hall–Kier alpha value is -1.25. The molecule has 1 rings (SSSR count). The fourth-order valence-electron chi connectivity index (χ4n) is 1.45. The maximum atomic E-state index is 12.8. The molecule has 84 valence electrons. The molecule has 2 N–H and O–H groups in total. The zero-order valence-corrected chi connectivity index (χ0v) is 9.63. The molecule has 0 aliphatic rings. The Balaban J connectivity index is 2.69. The number of halogens is 1. The highest BCUT2D eigenvalue weighted by Gasteiger charge is 2.06. The van der Waals surface area contributed by atoms with E-state index in [9.17, 15) is 4.39 Å². The topological polar surface area (TPSA) is 29.3 Å². The van der Waals surface area contributed by atoms with E-state index in [2.05, 4.69) is 18.7 Å². The molecule has 0 heterocycles. The summed E-state index contributed by atoms with van der Waals surface area (Å²) in [6.07, 6.45) is 1.10. The molecule has 0 bridgehead atoms. The third kappa shape index (κ3) is 3.42. The summed E-state index contributed by atoms with van der Waals surface area (Å²) < 4.78 is 12.8. The molecule has 0 atom stereocenters. The standard InChI is InChI=1S/C12H19FN2/c1-9(2)6-7-15(3)12-5-4-10(13)8-11(12)14/h4-5,8-9H,6-7,14H2,1-3H3. The van der Waals surface area contributed by atoms with E-state index < -0.39 is 0 Å². The van der Waals surface area contributed by atoms with Gasteiger partial charge in [0, 0.05) is 13.6 Å². The van der Waals surface area contributed by atoms with Gasteiger partial charge in [-0.1, -0.05) is 13.8 Å². The van der Waals surface area contributed by atoms with Crippen LogP contribution in [-0.2, 0) is 0 Å². The molecule has 1 aromatic rings. The molecular formula is C12H19FN2. The van der Waals surface area contributed by atoms with Crippen molar-refractivity contribution >= 4 is 11.4 Å². The molecule has 2 nitrogen and oxygen atoms in total. The van der Waals surface area contributed by atoms with Gasteiger partial charge in [0.05, 0.1) is 11.4 Å². The first-order chi connectivity index (χ1) is 7.00.